The maximum absolute atomic E-state index is 11.0. The Morgan fingerprint density at radius 1 is 0.786 bits per heavy atom. The third kappa shape index (κ3) is 8.85. The van der Waals surface area contributed by atoms with Gasteiger partial charge in [0.25, 0.3) is 0 Å². The van der Waals surface area contributed by atoms with Crippen LogP contribution in [0.4, 0.5) is 0 Å². The number of hydrogen-bond donors (Lipinski definition) is 2. The molecular formula is C24H32O4. The summed E-state index contributed by atoms with van der Waals surface area (Å²) >= 11 is 0. The molecule has 0 heterocycles. The van der Waals surface area contributed by atoms with Gasteiger partial charge < -0.3 is 10.2 Å². The highest BCUT2D eigenvalue weighted by molar-refractivity contribution is 5.75. The molecule has 4 nitrogen and oxygen atoms in total. The molecule has 0 radical (unpaired) electrons. The lowest BCUT2D eigenvalue weighted by Gasteiger charge is -2.13. The molecule has 2 aromatic carbocycles. The largest absolute Gasteiger partial charge is 0.481 e. The van der Waals surface area contributed by atoms with Crippen molar-refractivity contribution >= 4 is 11.9 Å². The fraction of sp³-hybridized carbons (Fsp3) is 0.417. The maximum atomic E-state index is 11.0. The highest BCUT2D eigenvalue weighted by Crippen LogP contribution is 2.24. The molecule has 0 bridgehead atoms. The zero-order valence-electron chi connectivity index (χ0n) is 16.9. The standard InChI is InChI=1S/2C12H16O2/c1-2-6-11(9-12(13)14)10-7-4-3-5-8-10;1-2-3-9-11(12(13)14)10-7-5-4-6-8-10/h3-5,7-8,11H,2,6,9H2,1H3,(H,13,14);4-8,11H,2-3,9H2,1H3,(H,13,14). The van der Waals surface area contributed by atoms with Crippen molar-refractivity contribution in [3.8, 4) is 0 Å². The van der Waals surface area contributed by atoms with Crippen molar-refractivity contribution in [3.05, 3.63) is 71.8 Å². The lowest BCUT2D eigenvalue weighted by Crippen LogP contribution is -2.11. The lowest BCUT2D eigenvalue weighted by atomic mass is 9.92. The van der Waals surface area contributed by atoms with E-state index in [0.717, 1.165) is 43.2 Å². The van der Waals surface area contributed by atoms with E-state index in [9.17, 15) is 9.59 Å². The van der Waals surface area contributed by atoms with E-state index in [-0.39, 0.29) is 18.3 Å². The molecule has 2 atom stereocenters. The van der Waals surface area contributed by atoms with Crippen LogP contribution in [-0.4, -0.2) is 22.2 Å². The minimum Gasteiger partial charge on any atom is -0.481 e. The first-order valence-corrected chi connectivity index (χ1v) is 10.0. The monoisotopic (exact) mass is 384 g/mol. The van der Waals surface area contributed by atoms with Crippen LogP contribution < -0.4 is 0 Å². The summed E-state index contributed by atoms with van der Waals surface area (Å²) in [6.07, 6.45) is 4.93. The summed E-state index contributed by atoms with van der Waals surface area (Å²) < 4.78 is 0. The van der Waals surface area contributed by atoms with Gasteiger partial charge >= 0.3 is 11.9 Å². The van der Waals surface area contributed by atoms with E-state index in [1.54, 1.807) is 0 Å². The fourth-order valence-corrected chi connectivity index (χ4v) is 3.20. The molecule has 0 aliphatic rings. The second-order valence-electron chi connectivity index (χ2n) is 6.94. The average Bonchev–Trinajstić information content (AvgIpc) is 2.69. The predicted octanol–water partition coefficient (Wildman–Crippen LogP) is 6.09. The molecule has 0 spiro atoms. The summed E-state index contributed by atoms with van der Waals surface area (Å²) in [5.74, 6) is -1.60. The van der Waals surface area contributed by atoms with Gasteiger partial charge in [-0.2, -0.15) is 0 Å². The molecule has 2 rings (SSSR count). The van der Waals surface area contributed by atoms with E-state index in [0.29, 0.717) is 0 Å². The van der Waals surface area contributed by atoms with Gasteiger partial charge in [0.2, 0.25) is 0 Å². The Balaban J connectivity index is 0.000000280. The van der Waals surface area contributed by atoms with Crippen LogP contribution in [0.3, 0.4) is 0 Å². The highest BCUT2D eigenvalue weighted by Gasteiger charge is 2.18. The Kier molecular flexibility index (Phi) is 11.3. The normalized spacial score (nSPS) is 12.4. The van der Waals surface area contributed by atoms with Gasteiger partial charge in [-0.1, -0.05) is 93.8 Å². The molecule has 0 aliphatic heterocycles. The van der Waals surface area contributed by atoms with E-state index < -0.39 is 11.9 Å². The summed E-state index contributed by atoms with van der Waals surface area (Å²) in [5, 5.41) is 17.8. The quantitative estimate of drug-likeness (QED) is 0.520. The van der Waals surface area contributed by atoms with E-state index >= 15 is 0 Å². The maximum Gasteiger partial charge on any atom is 0.310 e. The Morgan fingerprint density at radius 2 is 1.32 bits per heavy atom. The first-order valence-electron chi connectivity index (χ1n) is 10.0. The van der Waals surface area contributed by atoms with Crippen LogP contribution in [0, 0.1) is 0 Å². The zero-order chi connectivity index (χ0) is 20.8. The smallest absolute Gasteiger partial charge is 0.310 e. The van der Waals surface area contributed by atoms with Crippen LogP contribution in [0.25, 0.3) is 0 Å². The third-order valence-corrected chi connectivity index (χ3v) is 4.68. The van der Waals surface area contributed by atoms with Gasteiger partial charge in [-0.15, -0.1) is 0 Å². The van der Waals surface area contributed by atoms with E-state index in [2.05, 4.69) is 13.8 Å². The van der Waals surface area contributed by atoms with Crippen LogP contribution in [0.5, 0.6) is 0 Å². The zero-order valence-corrected chi connectivity index (χ0v) is 16.9. The molecule has 152 valence electrons. The first-order chi connectivity index (χ1) is 13.5. The molecule has 0 aromatic heterocycles. The summed E-state index contributed by atoms with van der Waals surface area (Å²) in [7, 11) is 0. The number of unbranched alkanes of at least 4 members (excludes halogenated alkanes) is 1. The number of carboxylic acids is 2. The molecule has 0 saturated carbocycles. The van der Waals surface area contributed by atoms with Crippen molar-refractivity contribution in [2.45, 2.75) is 64.2 Å². The molecular weight excluding hydrogens is 352 g/mol. The Labute approximate surface area is 168 Å². The minimum absolute atomic E-state index is 0.165. The van der Waals surface area contributed by atoms with Crippen molar-refractivity contribution in [2.75, 3.05) is 0 Å². The van der Waals surface area contributed by atoms with Crippen molar-refractivity contribution in [3.63, 3.8) is 0 Å². The molecule has 0 aliphatic carbocycles. The Hall–Kier alpha value is -2.62. The van der Waals surface area contributed by atoms with Crippen LogP contribution in [0.2, 0.25) is 0 Å². The second-order valence-corrected chi connectivity index (χ2v) is 6.94. The van der Waals surface area contributed by atoms with Crippen LogP contribution in [0.15, 0.2) is 60.7 Å². The van der Waals surface area contributed by atoms with Crippen LogP contribution in [0.1, 0.15) is 75.3 Å². The Morgan fingerprint density at radius 3 is 1.75 bits per heavy atom. The molecule has 4 heteroatoms. The first kappa shape index (κ1) is 23.4. The van der Waals surface area contributed by atoms with Crippen molar-refractivity contribution < 1.29 is 19.8 Å². The lowest BCUT2D eigenvalue weighted by molar-refractivity contribution is -0.139. The Bertz CT molecular complexity index is 682. The summed E-state index contributed by atoms with van der Waals surface area (Å²) in [4.78, 5) is 21.7. The molecule has 28 heavy (non-hydrogen) atoms. The summed E-state index contributed by atoms with van der Waals surface area (Å²) in [6.45, 7) is 4.15. The SMILES string of the molecule is CCCC(CC(=O)O)c1ccccc1.CCCCC(C(=O)O)c1ccccc1. The summed E-state index contributed by atoms with van der Waals surface area (Å²) in [5.41, 5.74) is 2.05. The van der Waals surface area contributed by atoms with Gasteiger partial charge in [-0.25, -0.2) is 0 Å². The molecule has 0 amide bonds. The van der Waals surface area contributed by atoms with Gasteiger partial charge in [-0.3, -0.25) is 9.59 Å². The van der Waals surface area contributed by atoms with Gasteiger partial charge in [0, 0.05) is 0 Å². The minimum atomic E-state index is -0.718. The van der Waals surface area contributed by atoms with Crippen molar-refractivity contribution in [2.24, 2.45) is 0 Å². The van der Waals surface area contributed by atoms with Crippen LogP contribution in [-0.2, 0) is 9.59 Å². The fourth-order valence-electron chi connectivity index (χ4n) is 3.20. The van der Waals surface area contributed by atoms with Gasteiger partial charge in [0.15, 0.2) is 0 Å². The van der Waals surface area contributed by atoms with E-state index in [1.807, 2.05) is 60.7 Å². The molecule has 2 aromatic rings. The summed E-state index contributed by atoms with van der Waals surface area (Å²) in [6, 6.07) is 19.3. The van der Waals surface area contributed by atoms with Crippen molar-refractivity contribution in [1.29, 1.82) is 0 Å². The topological polar surface area (TPSA) is 74.6 Å². The molecule has 0 saturated heterocycles. The number of carbonyl (C=O) groups is 2. The highest BCUT2D eigenvalue weighted by atomic mass is 16.4. The van der Waals surface area contributed by atoms with E-state index in [1.165, 1.54) is 0 Å². The van der Waals surface area contributed by atoms with Gasteiger partial charge in [0.05, 0.1) is 12.3 Å². The molecule has 2 N–H and O–H groups in total. The molecule has 2 unspecified atom stereocenters. The number of benzene rings is 2. The molecule has 0 fully saturated rings. The van der Waals surface area contributed by atoms with Crippen LogP contribution >= 0.6 is 0 Å². The van der Waals surface area contributed by atoms with E-state index in [4.69, 9.17) is 10.2 Å². The van der Waals surface area contributed by atoms with Crippen molar-refractivity contribution in [1.82, 2.24) is 0 Å². The average molecular weight is 385 g/mol. The van der Waals surface area contributed by atoms with Gasteiger partial charge in [-0.05, 0) is 29.9 Å². The number of rotatable bonds is 10. The number of aliphatic carboxylic acids is 2. The predicted molar refractivity (Wildman–Crippen MR) is 113 cm³/mol. The third-order valence-electron chi connectivity index (χ3n) is 4.68. The van der Waals surface area contributed by atoms with Gasteiger partial charge in [0.1, 0.15) is 0 Å². The number of carboxylic acid groups (broad SMARTS) is 2. The second kappa shape index (κ2) is 13.5. The number of hydrogen-bond acceptors (Lipinski definition) is 2.